The zero-order valence-electron chi connectivity index (χ0n) is 33.1. The Morgan fingerprint density at radius 2 is 1.67 bits per heavy atom. The van der Waals surface area contributed by atoms with E-state index in [2.05, 4.69) is 6.58 Å². The van der Waals surface area contributed by atoms with Gasteiger partial charge in [-0.3, -0.25) is 4.79 Å². The summed E-state index contributed by atoms with van der Waals surface area (Å²) >= 11 is 0. The van der Waals surface area contributed by atoms with Crippen LogP contribution in [0.4, 0.5) is 0 Å². The van der Waals surface area contributed by atoms with Gasteiger partial charge in [0.2, 0.25) is 23.1 Å². The molecule has 15 heteroatoms. The molecule has 2 aliphatic heterocycles. The highest BCUT2D eigenvalue weighted by molar-refractivity contribution is 6.76. The molecule has 0 aliphatic carbocycles. The largest absolute Gasteiger partial charge is 0.479 e. The average molecular weight is 791 g/mol. The summed E-state index contributed by atoms with van der Waals surface area (Å²) in [5.41, 5.74) is -6.02. The lowest BCUT2D eigenvalue weighted by Crippen LogP contribution is -2.78. The Bertz CT molecular complexity index is 1590. The number of benzene rings is 1. The summed E-state index contributed by atoms with van der Waals surface area (Å²) in [6, 6.07) is 9.84. The number of carbonyl (C=O) groups is 5. The molecule has 10 atom stereocenters. The van der Waals surface area contributed by atoms with Crippen molar-refractivity contribution < 1.29 is 68.1 Å². The van der Waals surface area contributed by atoms with E-state index in [0.29, 0.717) is 30.4 Å². The molecule has 2 aliphatic rings. The van der Waals surface area contributed by atoms with Crippen molar-refractivity contribution in [2.45, 2.75) is 134 Å². The van der Waals surface area contributed by atoms with Gasteiger partial charge in [0.15, 0.2) is 6.10 Å². The maximum Gasteiger partial charge on any atom is 0.344 e. The zero-order chi connectivity index (χ0) is 41.5. The Balaban J connectivity index is 2.09. The first kappa shape index (κ1) is 45.5. The lowest BCUT2D eigenvalue weighted by atomic mass is 9.74. The van der Waals surface area contributed by atoms with Crippen LogP contribution in [0.1, 0.15) is 65.9 Å². The monoisotopic (exact) mass is 790 g/mol. The molecule has 1 aromatic carbocycles. The second-order valence-electron chi connectivity index (χ2n) is 16.2. The third-order valence-electron chi connectivity index (χ3n) is 10.4. The molecule has 0 spiro atoms. The number of carboxylic acids is 2. The minimum atomic E-state index is -3.78. The fourth-order valence-corrected chi connectivity index (χ4v) is 7.82. The summed E-state index contributed by atoms with van der Waals surface area (Å²) in [5, 5.41) is 45.2. The Morgan fingerprint density at radius 3 is 2.22 bits per heavy atom. The van der Waals surface area contributed by atoms with Gasteiger partial charge in [-0.25, -0.2) is 19.2 Å². The number of ether oxygens (including phenoxy) is 5. The van der Waals surface area contributed by atoms with Gasteiger partial charge in [-0.15, -0.1) is 0 Å². The van der Waals surface area contributed by atoms with Crippen LogP contribution in [0, 0.1) is 17.8 Å². The number of hydrogen-bond acceptors (Lipinski definition) is 12. The molecule has 1 aromatic rings. The average Bonchev–Trinajstić information content (AvgIpc) is 3.31. The van der Waals surface area contributed by atoms with Crippen molar-refractivity contribution in [1.82, 2.24) is 0 Å². The van der Waals surface area contributed by atoms with Crippen LogP contribution in [0.3, 0.4) is 0 Å². The minimum Gasteiger partial charge on any atom is -0.479 e. The SMILES string of the molecule is C=C(CC[C@@]12O[C@H](C(=O)OCC[Si](C)(C)C)[C@@](O)(C(=O)O)[C@@](C(=O)O)(O1)[C@H](OC(=O)/C=C/[C@@H](C)C[C@@H](C)CC)[C@H]2O)C(OC(C)=O)[C@H](C)Cc1ccccc1. The Kier molecular flexibility index (Phi) is 15.2. The standard InChI is InChI=1S/C40H58O14Si/c1-10-24(2)22-25(3)16-17-30(42)52-33-32(43)38(19-18-26(4)31(51-28(6)41)27(5)23-29-14-12-11-13-15-29)53-34(35(44)50-20-21-55(7,8)9)39(49,36(45)46)40(33,54-38)37(47)48/h11-17,24-25,27,31-34,43,49H,4,10,18-23H2,1-3,5-9H3,(H,45,46)(H,47,48)/b17-16+/t24-,25+,27+,31?,32+,33+,34+,38+,39+,40+/m0/s1. The highest BCUT2D eigenvalue weighted by atomic mass is 28.3. The summed E-state index contributed by atoms with van der Waals surface area (Å²) in [4.78, 5) is 65.6. The topological polar surface area (TPSA) is 212 Å². The van der Waals surface area contributed by atoms with Crippen LogP contribution < -0.4 is 0 Å². The summed E-state index contributed by atoms with van der Waals surface area (Å²) in [6.07, 6.45) is -4.23. The minimum absolute atomic E-state index is 0.110. The third-order valence-corrected chi connectivity index (χ3v) is 12.1. The van der Waals surface area contributed by atoms with Crippen LogP contribution in [-0.2, 0) is 54.1 Å². The molecule has 0 amide bonds. The predicted octanol–water partition coefficient (Wildman–Crippen LogP) is 4.68. The molecule has 2 fully saturated rings. The van der Waals surface area contributed by atoms with Crippen LogP contribution in [0.2, 0.25) is 25.7 Å². The molecule has 14 nitrogen and oxygen atoms in total. The van der Waals surface area contributed by atoms with Gasteiger partial charge >= 0.3 is 29.8 Å². The predicted molar refractivity (Wildman–Crippen MR) is 202 cm³/mol. The molecular formula is C40H58O14Si. The van der Waals surface area contributed by atoms with E-state index in [1.165, 1.54) is 13.0 Å². The van der Waals surface area contributed by atoms with Gasteiger partial charge in [0.1, 0.15) is 12.2 Å². The van der Waals surface area contributed by atoms with Gasteiger partial charge < -0.3 is 44.1 Å². The summed E-state index contributed by atoms with van der Waals surface area (Å²) in [5.74, 6) is -10.3. The molecule has 4 N–H and O–H groups in total. The molecule has 2 bridgehead atoms. The lowest BCUT2D eigenvalue weighted by molar-refractivity contribution is -0.374. The number of rotatable bonds is 20. The van der Waals surface area contributed by atoms with Crippen LogP contribution in [0.15, 0.2) is 54.6 Å². The molecule has 55 heavy (non-hydrogen) atoms. The zero-order valence-corrected chi connectivity index (χ0v) is 34.1. The van der Waals surface area contributed by atoms with E-state index >= 15 is 0 Å². The lowest BCUT2D eigenvalue weighted by Gasteiger charge is -2.49. The molecule has 0 radical (unpaired) electrons. The van der Waals surface area contributed by atoms with Gasteiger partial charge in [0.05, 0.1) is 6.61 Å². The summed E-state index contributed by atoms with van der Waals surface area (Å²) < 4.78 is 28.3. The van der Waals surface area contributed by atoms with E-state index in [0.717, 1.165) is 18.1 Å². The second kappa shape index (κ2) is 18.4. The smallest absolute Gasteiger partial charge is 0.344 e. The van der Waals surface area contributed by atoms with Crippen LogP contribution in [0.5, 0.6) is 0 Å². The number of fused-ring (bicyclic) bond motifs is 2. The van der Waals surface area contributed by atoms with Crippen molar-refractivity contribution >= 4 is 37.9 Å². The Morgan fingerprint density at radius 1 is 1.04 bits per heavy atom. The highest BCUT2D eigenvalue weighted by Crippen LogP contribution is 2.56. The molecule has 2 heterocycles. The fraction of sp³-hybridized carbons (Fsp3) is 0.625. The maximum atomic E-state index is 13.7. The number of aliphatic hydroxyl groups excluding tert-OH is 1. The molecule has 0 saturated carbocycles. The maximum absolute atomic E-state index is 13.7. The first-order chi connectivity index (χ1) is 25.5. The van der Waals surface area contributed by atoms with Crippen molar-refractivity contribution in [2.24, 2.45) is 17.8 Å². The molecule has 306 valence electrons. The van der Waals surface area contributed by atoms with E-state index in [4.69, 9.17) is 23.7 Å². The van der Waals surface area contributed by atoms with E-state index < -0.39 is 85.7 Å². The first-order valence-electron chi connectivity index (χ1n) is 18.7. The van der Waals surface area contributed by atoms with Crippen molar-refractivity contribution in [2.75, 3.05) is 6.61 Å². The molecule has 2 saturated heterocycles. The van der Waals surface area contributed by atoms with Crippen LogP contribution >= 0.6 is 0 Å². The van der Waals surface area contributed by atoms with Crippen molar-refractivity contribution in [3.63, 3.8) is 0 Å². The summed E-state index contributed by atoms with van der Waals surface area (Å²) in [7, 11) is -1.81. The molecule has 1 unspecified atom stereocenters. The number of allylic oxidation sites excluding steroid dienone is 1. The fourth-order valence-electron chi connectivity index (χ4n) is 7.11. The van der Waals surface area contributed by atoms with Crippen molar-refractivity contribution in [3.8, 4) is 0 Å². The number of carbonyl (C=O) groups excluding carboxylic acids is 3. The van der Waals surface area contributed by atoms with Crippen LogP contribution in [0.25, 0.3) is 0 Å². The van der Waals surface area contributed by atoms with Crippen molar-refractivity contribution in [1.29, 1.82) is 0 Å². The molecule has 3 rings (SSSR count). The summed E-state index contributed by atoms with van der Waals surface area (Å²) in [6.45, 7) is 18.9. The first-order valence-corrected chi connectivity index (χ1v) is 22.4. The van der Waals surface area contributed by atoms with E-state index in [1.807, 2.05) is 77.7 Å². The quantitative estimate of drug-likeness (QED) is 0.0465. The van der Waals surface area contributed by atoms with Crippen LogP contribution in [-0.4, -0.2) is 106 Å². The van der Waals surface area contributed by atoms with Gasteiger partial charge in [0, 0.05) is 33.4 Å². The Hall–Kier alpha value is -3.89. The number of aliphatic carboxylic acids is 2. The number of hydrogen-bond donors (Lipinski definition) is 4. The highest BCUT2D eigenvalue weighted by Gasteiger charge is 2.86. The van der Waals surface area contributed by atoms with Gasteiger partial charge in [-0.1, -0.05) is 96.7 Å². The molecule has 0 aromatic heterocycles. The van der Waals surface area contributed by atoms with E-state index in [-0.39, 0.29) is 24.9 Å². The Labute approximate surface area is 323 Å². The molecular weight excluding hydrogens is 733 g/mol. The van der Waals surface area contributed by atoms with Crippen molar-refractivity contribution in [3.05, 3.63) is 60.2 Å². The van der Waals surface area contributed by atoms with Gasteiger partial charge in [-0.05, 0) is 48.3 Å². The number of carboxylic acid groups (broad SMARTS) is 2. The second-order valence-corrected chi connectivity index (χ2v) is 21.9. The normalized spacial score (nSPS) is 28.4. The van der Waals surface area contributed by atoms with Gasteiger partial charge in [0.25, 0.3) is 0 Å². The number of aliphatic hydroxyl groups is 2. The van der Waals surface area contributed by atoms with E-state index in [9.17, 15) is 44.4 Å². The van der Waals surface area contributed by atoms with Gasteiger partial charge in [-0.2, -0.15) is 0 Å². The van der Waals surface area contributed by atoms with E-state index in [1.54, 1.807) is 0 Å². The number of esters is 3. The third kappa shape index (κ3) is 10.3.